The first kappa shape index (κ1) is 47.4. The first-order chi connectivity index (χ1) is 29.9. The van der Waals surface area contributed by atoms with Crippen LogP contribution >= 0.6 is 0 Å². The number of hydrogen-bond acceptors (Lipinski definition) is 13. The summed E-state index contributed by atoms with van der Waals surface area (Å²) in [5, 5.41) is 29.4. The molecule has 4 bridgehead atoms. The summed E-state index contributed by atoms with van der Waals surface area (Å²) in [7, 11) is 1.36. The molecule has 1 aliphatic heterocycles. The molecule has 1 aliphatic rings. The zero-order valence-electron chi connectivity index (χ0n) is 36.4. The zero-order chi connectivity index (χ0) is 46.2. The SMILES string of the molecule is Cc1nc(-c2ccc(C(C)(C)C)cc2)nc(C)c1C(=O)N[C@@H](CCN)C(=O)N(C)[C@@H]1C(=O)NCC(=O)N[C@H](C(=O)O)Cc2cc(OCCN)c(O)c(c2)-c2cc1ccc2OCCN. The van der Waals surface area contributed by atoms with Crippen molar-refractivity contribution in [1.29, 1.82) is 0 Å². The third kappa shape index (κ3) is 11.3. The average Bonchev–Trinajstić information content (AvgIpc) is 3.23. The molecule has 5 rings (SSSR count). The minimum absolute atomic E-state index is 0.00544. The van der Waals surface area contributed by atoms with E-state index in [1.807, 2.05) is 24.3 Å². The third-order valence-corrected chi connectivity index (χ3v) is 10.5. The largest absolute Gasteiger partial charge is 0.504 e. The molecule has 0 fully saturated rings. The monoisotopic (exact) mass is 867 g/mol. The number of aromatic nitrogens is 2. The second-order valence-corrected chi connectivity index (χ2v) is 16.3. The number of likely N-dealkylation sites (N-methyl/N-ethyl adjacent to an activating group) is 1. The minimum atomic E-state index is -1.46. The van der Waals surface area contributed by atoms with Crippen LogP contribution in [0.5, 0.6) is 17.2 Å². The van der Waals surface area contributed by atoms with E-state index < -0.39 is 54.3 Å². The number of aryl methyl sites for hydroxylation is 2. The fourth-order valence-electron chi connectivity index (χ4n) is 7.31. The number of nitrogens with zero attached hydrogens (tertiary/aromatic N) is 3. The Morgan fingerprint density at radius 1 is 0.905 bits per heavy atom. The van der Waals surface area contributed by atoms with Crippen LogP contribution in [0.4, 0.5) is 0 Å². The Kier molecular flexibility index (Phi) is 15.4. The van der Waals surface area contributed by atoms with Gasteiger partial charge in [0.1, 0.15) is 37.1 Å². The zero-order valence-corrected chi connectivity index (χ0v) is 36.4. The summed E-state index contributed by atoms with van der Waals surface area (Å²) >= 11 is 0. The number of aromatic hydroxyl groups is 1. The fourth-order valence-corrected chi connectivity index (χ4v) is 7.31. The Morgan fingerprint density at radius 3 is 2.13 bits per heavy atom. The predicted octanol–water partition coefficient (Wildman–Crippen LogP) is 1.99. The Morgan fingerprint density at radius 2 is 1.54 bits per heavy atom. The summed E-state index contributed by atoms with van der Waals surface area (Å²) < 4.78 is 11.7. The number of nitrogens with one attached hydrogen (secondary N) is 3. The molecule has 3 aromatic carbocycles. The van der Waals surface area contributed by atoms with Gasteiger partial charge in [0, 0.05) is 43.2 Å². The Balaban J connectivity index is 1.56. The van der Waals surface area contributed by atoms with Gasteiger partial charge in [0.2, 0.25) is 17.7 Å². The third-order valence-electron chi connectivity index (χ3n) is 10.5. The number of hydrogen-bond donors (Lipinski definition) is 8. The lowest BCUT2D eigenvalue weighted by Crippen LogP contribution is -2.52. The van der Waals surface area contributed by atoms with Gasteiger partial charge in [0.05, 0.1) is 23.5 Å². The molecule has 0 spiro atoms. The molecule has 4 amide bonds. The van der Waals surface area contributed by atoms with E-state index in [1.54, 1.807) is 19.9 Å². The molecule has 2 heterocycles. The average molecular weight is 868 g/mol. The van der Waals surface area contributed by atoms with Gasteiger partial charge in [-0.1, -0.05) is 51.1 Å². The van der Waals surface area contributed by atoms with Gasteiger partial charge >= 0.3 is 5.97 Å². The van der Waals surface area contributed by atoms with E-state index in [0.717, 1.165) is 16.0 Å². The highest BCUT2D eigenvalue weighted by molar-refractivity contribution is 6.00. The molecule has 336 valence electrons. The van der Waals surface area contributed by atoms with E-state index in [4.69, 9.17) is 26.7 Å². The number of benzene rings is 3. The van der Waals surface area contributed by atoms with Crippen LogP contribution in [-0.4, -0.2) is 113 Å². The lowest BCUT2D eigenvalue weighted by Gasteiger charge is -2.32. The van der Waals surface area contributed by atoms with Gasteiger partial charge in [-0.25, -0.2) is 14.8 Å². The number of fused-ring (bicyclic) bond motifs is 5. The standard InChI is InChI=1S/C45H57N9O9/c1-24-37(25(2)51-40(50-24)27-7-10-29(11-8-27)45(3,4)5)41(57)53-32(13-14-46)43(59)54(6)38-28-9-12-34(62-17-15-47)30(22-28)31-19-26(21-35(39(31)56)63-18-16-48)20-33(44(60)61)52-36(55)23-49-42(38)58/h7-12,19,21-22,32-33,38,56H,13-18,20,23,46-48H2,1-6H3,(H,49,58)(H,52,55)(H,53,57)(H,60,61)/t32-,33-,38-/m0/s1. The van der Waals surface area contributed by atoms with Crippen LogP contribution in [0.2, 0.25) is 0 Å². The fraction of sp³-hybridized carbons (Fsp3) is 0.400. The lowest BCUT2D eigenvalue weighted by molar-refractivity contribution is -0.142. The molecular formula is C45H57N9O9. The number of carbonyl (C=O) groups excluding carboxylic acids is 4. The number of aliphatic carboxylic acids is 1. The summed E-state index contributed by atoms with van der Waals surface area (Å²) in [5.74, 6) is -4.03. The molecule has 18 nitrogen and oxygen atoms in total. The number of ether oxygens (including phenoxy) is 2. The Labute approximate surface area is 365 Å². The van der Waals surface area contributed by atoms with Crippen molar-refractivity contribution >= 4 is 29.6 Å². The van der Waals surface area contributed by atoms with Gasteiger partial charge in [-0.2, -0.15) is 0 Å². The van der Waals surface area contributed by atoms with Crippen LogP contribution in [-0.2, 0) is 31.0 Å². The number of phenolic OH excluding ortho intramolecular Hbond substituents is 1. The van der Waals surface area contributed by atoms with E-state index in [0.29, 0.717) is 22.8 Å². The smallest absolute Gasteiger partial charge is 0.326 e. The van der Waals surface area contributed by atoms with Gasteiger partial charge in [0.15, 0.2) is 17.3 Å². The molecule has 11 N–H and O–H groups in total. The number of rotatable bonds is 14. The molecule has 4 aromatic rings. The Bertz CT molecular complexity index is 2320. The molecule has 0 radical (unpaired) electrons. The molecule has 63 heavy (non-hydrogen) atoms. The Hall–Kier alpha value is -6.63. The van der Waals surface area contributed by atoms with Crippen molar-refractivity contribution in [2.45, 2.75) is 71.0 Å². The number of carbonyl (C=O) groups is 5. The van der Waals surface area contributed by atoms with Gasteiger partial charge in [-0.05, 0) is 73.2 Å². The van der Waals surface area contributed by atoms with Crippen molar-refractivity contribution in [3.63, 3.8) is 0 Å². The maximum Gasteiger partial charge on any atom is 0.326 e. The normalized spacial score (nSPS) is 15.9. The highest BCUT2D eigenvalue weighted by atomic mass is 16.5. The quantitative estimate of drug-likeness (QED) is 0.0900. The number of carboxylic acids is 1. The van der Waals surface area contributed by atoms with Gasteiger partial charge in [0.25, 0.3) is 5.91 Å². The van der Waals surface area contributed by atoms with E-state index >= 15 is 0 Å². The van der Waals surface area contributed by atoms with Crippen LogP contribution in [0.3, 0.4) is 0 Å². The molecule has 1 aromatic heterocycles. The van der Waals surface area contributed by atoms with Gasteiger partial charge in [-0.3, -0.25) is 19.2 Å². The highest BCUT2D eigenvalue weighted by Crippen LogP contribution is 2.44. The van der Waals surface area contributed by atoms with E-state index in [9.17, 15) is 34.2 Å². The maximum atomic E-state index is 14.5. The molecule has 3 atom stereocenters. The second-order valence-electron chi connectivity index (χ2n) is 16.3. The van der Waals surface area contributed by atoms with Crippen molar-refractivity contribution in [2.24, 2.45) is 17.2 Å². The molecule has 18 heteroatoms. The number of nitrogens with two attached hydrogens (primary N) is 3. The lowest BCUT2D eigenvalue weighted by atomic mass is 9.86. The first-order valence-corrected chi connectivity index (χ1v) is 20.6. The predicted molar refractivity (Wildman–Crippen MR) is 235 cm³/mol. The van der Waals surface area contributed by atoms with Crippen LogP contribution in [0.15, 0.2) is 54.6 Å². The van der Waals surface area contributed by atoms with Gasteiger partial charge < -0.3 is 57.7 Å². The van der Waals surface area contributed by atoms with Crippen molar-refractivity contribution in [3.8, 4) is 39.8 Å². The molecular weight excluding hydrogens is 811 g/mol. The highest BCUT2D eigenvalue weighted by Gasteiger charge is 2.35. The molecule has 0 unspecified atom stereocenters. The summed E-state index contributed by atoms with van der Waals surface area (Å²) in [6, 6.07) is 11.3. The van der Waals surface area contributed by atoms with Crippen molar-refractivity contribution in [2.75, 3.05) is 46.4 Å². The van der Waals surface area contributed by atoms with Crippen molar-refractivity contribution < 1.29 is 43.7 Å². The second kappa shape index (κ2) is 20.5. The molecule has 0 aliphatic carbocycles. The van der Waals surface area contributed by atoms with E-state index in [1.165, 1.54) is 31.3 Å². The molecule has 0 saturated heterocycles. The molecule has 0 saturated carbocycles. The minimum Gasteiger partial charge on any atom is -0.504 e. The van der Waals surface area contributed by atoms with Crippen LogP contribution in [0, 0.1) is 13.8 Å². The van der Waals surface area contributed by atoms with Crippen LogP contribution in [0.25, 0.3) is 22.5 Å². The van der Waals surface area contributed by atoms with Crippen molar-refractivity contribution in [1.82, 2.24) is 30.8 Å². The summed E-state index contributed by atoms with van der Waals surface area (Å²) in [5.41, 5.74) is 21.2. The van der Waals surface area contributed by atoms with Crippen molar-refractivity contribution in [3.05, 3.63) is 88.2 Å². The van der Waals surface area contributed by atoms with E-state index in [-0.39, 0.29) is 90.6 Å². The van der Waals surface area contributed by atoms with Crippen LogP contribution < -0.4 is 42.6 Å². The topological polar surface area (TPSA) is 287 Å². The summed E-state index contributed by atoms with van der Waals surface area (Å²) in [6.45, 7) is 9.35. The summed E-state index contributed by atoms with van der Waals surface area (Å²) in [4.78, 5) is 78.7. The van der Waals surface area contributed by atoms with Crippen LogP contribution in [0.1, 0.15) is 71.7 Å². The maximum absolute atomic E-state index is 14.5. The van der Waals surface area contributed by atoms with E-state index in [2.05, 4.69) is 46.7 Å². The van der Waals surface area contributed by atoms with Gasteiger partial charge in [-0.15, -0.1) is 0 Å². The summed E-state index contributed by atoms with van der Waals surface area (Å²) in [6.07, 6.45) is -0.252. The number of phenols is 1. The number of amides is 4. The number of carboxylic acid groups (broad SMARTS) is 1. The first-order valence-electron chi connectivity index (χ1n) is 20.6.